The van der Waals surface area contributed by atoms with E-state index in [1.807, 2.05) is 25.1 Å². The molecule has 1 aromatic carbocycles. The van der Waals surface area contributed by atoms with Crippen molar-refractivity contribution in [2.24, 2.45) is 5.41 Å². The molecule has 4 heteroatoms. The van der Waals surface area contributed by atoms with E-state index < -0.39 is 0 Å². The van der Waals surface area contributed by atoms with E-state index in [2.05, 4.69) is 42.0 Å². The first-order valence-corrected chi connectivity index (χ1v) is 7.23. The Balaban J connectivity index is 2.84. The van der Waals surface area contributed by atoms with Gasteiger partial charge in [-0.15, -0.1) is 0 Å². The Bertz CT molecular complexity index is 452. The van der Waals surface area contributed by atoms with Gasteiger partial charge in [-0.1, -0.05) is 42.8 Å². The van der Waals surface area contributed by atoms with Crippen LogP contribution in [0.4, 0.5) is 0 Å². The minimum absolute atomic E-state index is 0.0509. The summed E-state index contributed by atoms with van der Waals surface area (Å²) in [5.74, 6) is -0.103. The standard InChI is InChI=1S/C15H22BrNO2/c1-10-5-6-11(9-12(10)16)14(19)17-13(7-8-18)15(2,3)4/h5-6,9,13,18H,7-8H2,1-4H3,(H,17,19). The SMILES string of the molecule is Cc1ccc(C(=O)NC(CCO)C(C)(C)C)cc1Br. The van der Waals surface area contributed by atoms with E-state index in [4.69, 9.17) is 5.11 Å². The molecule has 1 atom stereocenters. The van der Waals surface area contributed by atoms with Crippen molar-refractivity contribution in [3.05, 3.63) is 33.8 Å². The third-order valence-electron chi connectivity index (χ3n) is 3.20. The van der Waals surface area contributed by atoms with Gasteiger partial charge in [0, 0.05) is 22.7 Å². The van der Waals surface area contributed by atoms with E-state index in [1.54, 1.807) is 0 Å². The molecule has 0 spiro atoms. The monoisotopic (exact) mass is 327 g/mol. The third kappa shape index (κ3) is 4.62. The Kier molecular flexibility index (Phi) is 5.56. The molecule has 0 radical (unpaired) electrons. The number of hydrogen-bond donors (Lipinski definition) is 2. The molecule has 0 fully saturated rings. The predicted molar refractivity (Wildman–Crippen MR) is 81.3 cm³/mol. The molecule has 1 rings (SSSR count). The zero-order chi connectivity index (χ0) is 14.6. The van der Waals surface area contributed by atoms with Crippen LogP contribution in [-0.4, -0.2) is 23.7 Å². The lowest BCUT2D eigenvalue weighted by Crippen LogP contribution is -2.44. The van der Waals surface area contributed by atoms with E-state index in [9.17, 15) is 4.79 Å². The van der Waals surface area contributed by atoms with Crippen LogP contribution in [0.25, 0.3) is 0 Å². The zero-order valence-electron chi connectivity index (χ0n) is 12.0. The van der Waals surface area contributed by atoms with Crippen LogP contribution in [0.2, 0.25) is 0 Å². The first-order chi connectivity index (χ1) is 8.75. The van der Waals surface area contributed by atoms with Crippen molar-refractivity contribution in [2.45, 2.75) is 40.2 Å². The van der Waals surface area contributed by atoms with Crippen molar-refractivity contribution in [3.8, 4) is 0 Å². The van der Waals surface area contributed by atoms with E-state index in [1.165, 1.54) is 0 Å². The fourth-order valence-corrected chi connectivity index (χ4v) is 2.21. The molecule has 0 bridgehead atoms. The first kappa shape index (κ1) is 16.2. The number of carbonyl (C=O) groups is 1. The highest BCUT2D eigenvalue weighted by molar-refractivity contribution is 9.10. The number of carbonyl (C=O) groups excluding carboxylic acids is 1. The highest BCUT2D eigenvalue weighted by atomic mass is 79.9. The Morgan fingerprint density at radius 3 is 2.53 bits per heavy atom. The van der Waals surface area contributed by atoms with Crippen molar-refractivity contribution in [2.75, 3.05) is 6.61 Å². The van der Waals surface area contributed by atoms with Crippen LogP contribution in [-0.2, 0) is 0 Å². The maximum absolute atomic E-state index is 12.2. The summed E-state index contributed by atoms with van der Waals surface area (Å²) in [6, 6.07) is 5.50. The summed E-state index contributed by atoms with van der Waals surface area (Å²) >= 11 is 3.43. The molecule has 1 aromatic rings. The summed E-state index contributed by atoms with van der Waals surface area (Å²) in [7, 11) is 0. The molecule has 0 aromatic heterocycles. The summed E-state index contributed by atoms with van der Waals surface area (Å²) < 4.78 is 0.926. The van der Waals surface area contributed by atoms with Gasteiger partial charge in [0.2, 0.25) is 0 Å². The highest BCUT2D eigenvalue weighted by Gasteiger charge is 2.26. The number of hydrogen-bond acceptors (Lipinski definition) is 2. The fraction of sp³-hybridized carbons (Fsp3) is 0.533. The maximum Gasteiger partial charge on any atom is 0.251 e. The Morgan fingerprint density at radius 1 is 1.42 bits per heavy atom. The molecule has 0 aliphatic rings. The van der Waals surface area contributed by atoms with Crippen LogP contribution in [0.3, 0.4) is 0 Å². The van der Waals surface area contributed by atoms with Crippen LogP contribution in [0, 0.1) is 12.3 Å². The van der Waals surface area contributed by atoms with Gasteiger partial charge in [0.15, 0.2) is 0 Å². The second-order valence-corrected chi connectivity index (χ2v) is 6.72. The number of rotatable bonds is 4. The molecule has 2 N–H and O–H groups in total. The molecule has 0 aliphatic carbocycles. The van der Waals surface area contributed by atoms with Crippen molar-refractivity contribution in [3.63, 3.8) is 0 Å². The van der Waals surface area contributed by atoms with Crippen molar-refractivity contribution >= 4 is 21.8 Å². The number of aliphatic hydroxyl groups is 1. The molecular weight excluding hydrogens is 306 g/mol. The average Bonchev–Trinajstić information content (AvgIpc) is 2.30. The normalized spacial score (nSPS) is 13.2. The van der Waals surface area contributed by atoms with Crippen LogP contribution in [0.5, 0.6) is 0 Å². The number of benzene rings is 1. The number of amides is 1. The van der Waals surface area contributed by atoms with Gasteiger partial charge in [0.25, 0.3) is 5.91 Å². The molecule has 0 saturated heterocycles. The fourth-order valence-electron chi connectivity index (χ4n) is 1.83. The van der Waals surface area contributed by atoms with Gasteiger partial charge in [-0.05, 0) is 36.5 Å². The number of aliphatic hydroxyl groups excluding tert-OH is 1. The summed E-state index contributed by atoms with van der Waals surface area (Å²) in [6.07, 6.45) is 0.558. The van der Waals surface area contributed by atoms with Crippen LogP contribution in [0.15, 0.2) is 22.7 Å². The predicted octanol–water partition coefficient (Wildman–Crippen LogP) is 3.28. The lowest BCUT2D eigenvalue weighted by molar-refractivity contribution is 0.0885. The van der Waals surface area contributed by atoms with Gasteiger partial charge in [-0.3, -0.25) is 4.79 Å². The zero-order valence-corrected chi connectivity index (χ0v) is 13.5. The van der Waals surface area contributed by atoms with Gasteiger partial charge in [0.05, 0.1) is 0 Å². The third-order valence-corrected chi connectivity index (χ3v) is 4.06. The van der Waals surface area contributed by atoms with Gasteiger partial charge >= 0.3 is 0 Å². The topological polar surface area (TPSA) is 49.3 Å². The second kappa shape index (κ2) is 6.53. The first-order valence-electron chi connectivity index (χ1n) is 6.43. The van der Waals surface area contributed by atoms with Crippen LogP contribution < -0.4 is 5.32 Å². The lowest BCUT2D eigenvalue weighted by Gasteiger charge is -2.31. The summed E-state index contributed by atoms with van der Waals surface area (Å²) in [4.78, 5) is 12.2. The van der Waals surface area contributed by atoms with Gasteiger partial charge in [-0.2, -0.15) is 0 Å². The quantitative estimate of drug-likeness (QED) is 0.891. The van der Waals surface area contributed by atoms with Crippen molar-refractivity contribution in [1.29, 1.82) is 0 Å². The summed E-state index contributed by atoms with van der Waals surface area (Å²) in [5.41, 5.74) is 1.64. The van der Waals surface area contributed by atoms with E-state index in [-0.39, 0.29) is 24.0 Å². The Morgan fingerprint density at radius 2 is 2.05 bits per heavy atom. The lowest BCUT2D eigenvalue weighted by atomic mass is 9.84. The minimum Gasteiger partial charge on any atom is -0.396 e. The van der Waals surface area contributed by atoms with Gasteiger partial charge in [0.1, 0.15) is 0 Å². The number of nitrogens with one attached hydrogen (secondary N) is 1. The molecule has 1 unspecified atom stereocenters. The smallest absolute Gasteiger partial charge is 0.251 e. The molecule has 3 nitrogen and oxygen atoms in total. The minimum atomic E-state index is -0.103. The van der Waals surface area contributed by atoms with Crippen molar-refractivity contribution < 1.29 is 9.90 Å². The Hall–Kier alpha value is -0.870. The van der Waals surface area contributed by atoms with Gasteiger partial charge in [-0.25, -0.2) is 0 Å². The van der Waals surface area contributed by atoms with Crippen molar-refractivity contribution in [1.82, 2.24) is 5.32 Å². The van der Waals surface area contributed by atoms with E-state index >= 15 is 0 Å². The van der Waals surface area contributed by atoms with E-state index in [0.717, 1.165) is 10.0 Å². The summed E-state index contributed by atoms with van der Waals surface area (Å²) in [5, 5.41) is 12.1. The van der Waals surface area contributed by atoms with E-state index in [0.29, 0.717) is 12.0 Å². The van der Waals surface area contributed by atoms with Gasteiger partial charge < -0.3 is 10.4 Å². The maximum atomic E-state index is 12.2. The number of halogens is 1. The number of aryl methyl sites for hydroxylation is 1. The Labute approximate surface area is 123 Å². The molecule has 0 heterocycles. The largest absolute Gasteiger partial charge is 0.396 e. The molecule has 0 saturated carbocycles. The molecule has 19 heavy (non-hydrogen) atoms. The molecule has 0 aliphatic heterocycles. The summed E-state index contributed by atoms with van der Waals surface area (Å²) in [6.45, 7) is 8.21. The molecule has 106 valence electrons. The highest BCUT2D eigenvalue weighted by Crippen LogP contribution is 2.23. The molecular formula is C15H22BrNO2. The second-order valence-electron chi connectivity index (χ2n) is 5.87. The molecule has 1 amide bonds. The van der Waals surface area contributed by atoms with Crippen LogP contribution >= 0.6 is 15.9 Å². The van der Waals surface area contributed by atoms with Crippen LogP contribution in [0.1, 0.15) is 43.1 Å². The average molecular weight is 328 g/mol.